The highest BCUT2D eigenvalue weighted by molar-refractivity contribution is 5.77. The largest absolute Gasteiger partial charge is 0.496 e. The van der Waals surface area contributed by atoms with Gasteiger partial charge in [-0.2, -0.15) is 0 Å². The molecule has 1 heterocycles. The van der Waals surface area contributed by atoms with Crippen molar-refractivity contribution in [2.45, 2.75) is 25.5 Å². The van der Waals surface area contributed by atoms with E-state index in [-0.39, 0.29) is 6.10 Å². The standard InChI is InChI=1S/C13H17NO4/c1-7-4-8-5-11(17-3)9(6-10(8)18-7)12(14-2)13(15)16/h5-7,12,14H,4H2,1-3H3,(H,15,16). The van der Waals surface area contributed by atoms with Crippen molar-refractivity contribution in [3.63, 3.8) is 0 Å². The first kappa shape index (κ1) is 12.7. The van der Waals surface area contributed by atoms with Crippen molar-refractivity contribution in [1.82, 2.24) is 5.32 Å². The average Bonchev–Trinajstić information content (AvgIpc) is 2.67. The van der Waals surface area contributed by atoms with Gasteiger partial charge >= 0.3 is 5.97 Å². The molecule has 1 aliphatic heterocycles. The van der Waals surface area contributed by atoms with Gasteiger partial charge in [0.25, 0.3) is 0 Å². The highest BCUT2D eigenvalue weighted by Gasteiger charge is 2.27. The number of fused-ring (bicyclic) bond motifs is 1. The average molecular weight is 251 g/mol. The molecule has 5 heteroatoms. The number of benzene rings is 1. The zero-order chi connectivity index (χ0) is 13.3. The first-order valence-electron chi connectivity index (χ1n) is 5.84. The van der Waals surface area contributed by atoms with Crippen LogP contribution in [0.4, 0.5) is 0 Å². The minimum Gasteiger partial charge on any atom is -0.496 e. The third-order valence-electron chi connectivity index (χ3n) is 3.09. The van der Waals surface area contributed by atoms with Crippen LogP contribution in [-0.4, -0.2) is 31.3 Å². The van der Waals surface area contributed by atoms with Crippen LogP contribution in [0, 0.1) is 0 Å². The molecule has 0 fully saturated rings. The fourth-order valence-electron chi connectivity index (χ4n) is 2.27. The van der Waals surface area contributed by atoms with Crippen LogP contribution in [-0.2, 0) is 11.2 Å². The van der Waals surface area contributed by atoms with Gasteiger partial charge in [-0.05, 0) is 26.1 Å². The Morgan fingerprint density at radius 3 is 2.89 bits per heavy atom. The van der Waals surface area contributed by atoms with E-state index in [1.165, 1.54) is 0 Å². The number of hydrogen-bond donors (Lipinski definition) is 2. The maximum atomic E-state index is 11.2. The van der Waals surface area contributed by atoms with Crippen LogP contribution in [0.1, 0.15) is 24.1 Å². The van der Waals surface area contributed by atoms with Crippen molar-refractivity contribution in [3.05, 3.63) is 23.3 Å². The predicted octanol–water partition coefficient (Wildman–Crippen LogP) is 1.36. The number of nitrogens with one attached hydrogen (secondary N) is 1. The lowest BCUT2D eigenvalue weighted by atomic mass is 10.0. The molecular weight excluding hydrogens is 234 g/mol. The summed E-state index contributed by atoms with van der Waals surface area (Å²) >= 11 is 0. The van der Waals surface area contributed by atoms with Crippen LogP contribution in [0.2, 0.25) is 0 Å². The van der Waals surface area contributed by atoms with Crippen molar-refractivity contribution in [1.29, 1.82) is 0 Å². The first-order valence-corrected chi connectivity index (χ1v) is 5.84. The Balaban J connectivity index is 2.47. The fraction of sp³-hybridized carbons (Fsp3) is 0.462. The fourth-order valence-corrected chi connectivity index (χ4v) is 2.27. The van der Waals surface area contributed by atoms with Crippen LogP contribution in [0.25, 0.3) is 0 Å². The summed E-state index contributed by atoms with van der Waals surface area (Å²) in [5, 5.41) is 11.9. The molecule has 0 saturated carbocycles. The summed E-state index contributed by atoms with van der Waals surface area (Å²) in [5.41, 5.74) is 1.64. The van der Waals surface area contributed by atoms with E-state index in [2.05, 4.69) is 5.32 Å². The quantitative estimate of drug-likeness (QED) is 0.845. The van der Waals surface area contributed by atoms with E-state index in [4.69, 9.17) is 9.47 Å². The van der Waals surface area contributed by atoms with Crippen LogP contribution in [0.5, 0.6) is 11.5 Å². The summed E-state index contributed by atoms with van der Waals surface area (Å²) in [6.07, 6.45) is 0.946. The third kappa shape index (κ3) is 2.13. The molecule has 2 unspecified atom stereocenters. The van der Waals surface area contributed by atoms with Gasteiger partial charge in [0.1, 0.15) is 23.6 Å². The zero-order valence-corrected chi connectivity index (χ0v) is 10.7. The monoisotopic (exact) mass is 251 g/mol. The van der Waals surface area contributed by atoms with Gasteiger partial charge in [0.2, 0.25) is 0 Å². The Hall–Kier alpha value is -1.75. The van der Waals surface area contributed by atoms with Gasteiger partial charge in [0.15, 0.2) is 0 Å². The van der Waals surface area contributed by atoms with E-state index >= 15 is 0 Å². The van der Waals surface area contributed by atoms with Gasteiger partial charge in [-0.3, -0.25) is 4.79 Å². The Labute approximate surface area is 106 Å². The smallest absolute Gasteiger partial charge is 0.325 e. The molecule has 1 aromatic rings. The molecule has 0 aromatic heterocycles. The maximum absolute atomic E-state index is 11.2. The van der Waals surface area contributed by atoms with Gasteiger partial charge in [-0.1, -0.05) is 0 Å². The number of rotatable bonds is 4. The van der Waals surface area contributed by atoms with Gasteiger partial charge in [0.05, 0.1) is 7.11 Å². The molecule has 98 valence electrons. The molecule has 5 nitrogen and oxygen atoms in total. The summed E-state index contributed by atoms with van der Waals surface area (Å²) in [6, 6.07) is 2.82. The summed E-state index contributed by atoms with van der Waals surface area (Å²) in [4.78, 5) is 11.2. The second-order valence-corrected chi connectivity index (χ2v) is 4.39. The zero-order valence-electron chi connectivity index (χ0n) is 10.7. The van der Waals surface area contributed by atoms with E-state index in [1.54, 1.807) is 20.2 Å². The Morgan fingerprint density at radius 2 is 2.33 bits per heavy atom. The predicted molar refractivity (Wildman–Crippen MR) is 66.2 cm³/mol. The highest BCUT2D eigenvalue weighted by atomic mass is 16.5. The number of methoxy groups -OCH3 is 1. The molecule has 2 atom stereocenters. The Morgan fingerprint density at radius 1 is 1.61 bits per heavy atom. The minimum absolute atomic E-state index is 0.123. The second kappa shape index (κ2) is 4.86. The SMILES string of the molecule is CNC(C(=O)O)c1cc2c(cc1OC)CC(C)O2. The lowest BCUT2D eigenvalue weighted by Gasteiger charge is -2.16. The normalized spacial score (nSPS) is 18.9. The number of hydrogen-bond acceptors (Lipinski definition) is 4. The van der Waals surface area contributed by atoms with Crippen LogP contribution in [0.15, 0.2) is 12.1 Å². The number of carboxylic acid groups (broad SMARTS) is 1. The first-order chi connectivity index (χ1) is 8.56. The van der Waals surface area contributed by atoms with E-state index in [0.29, 0.717) is 11.3 Å². The molecule has 2 rings (SSSR count). The second-order valence-electron chi connectivity index (χ2n) is 4.39. The van der Waals surface area contributed by atoms with Crippen LogP contribution < -0.4 is 14.8 Å². The summed E-state index contributed by atoms with van der Waals surface area (Å²) in [5.74, 6) is 0.384. The number of ether oxygens (including phenoxy) is 2. The van der Waals surface area contributed by atoms with Gasteiger partial charge in [0, 0.05) is 17.5 Å². The molecule has 0 amide bonds. The van der Waals surface area contributed by atoms with E-state index in [1.807, 2.05) is 13.0 Å². The number of carbonyl (C=O) groups is 1. The molecule has 0 radical (unpaired) electrons. The van der Waals surface area contributed by atoms with E-state index < -0.39 is 12.0 Å². The maximum Gasteiger partial charge on any atom is 0.325 e. The number of likely N-dealkylation sites (N-methyl/N-ethyl adjacent to an activating group) is 1. The van der Waals surface area contributed by atoms with Crippen molar-refractivity contribution >= 4 is 5.97 Å². The summed E-state index contributed by atoms with van der Waals surface area (Å²) in [7, 11) is 3.15. The molecule has 1 aliphatic rings. The lowest BCUT2D eigenvalue weighted by molar-refractivity contribution is -0.139. The van der Waals surface area contributed by atoms with Gasteiger partial charge < -0.3 is 19.9 Å². The van der Waals surface area contributed by atoms with Crippen molar-refractivity contribution in [2.75, 3.05) is 14.2 Å². The summed E-state index contributed by atoms with van der Waals surface area (Å²) in [6.45, 7) is 1.99. The third-order valence-corrected chi connectivity index (χ3v) is 3.09. The Bertz CT molecular complexity index is 472. The Kier molecular flexibility index (Phi) is 3.43. The molecule has 0 spiro atoms. The van der Waals surface area contributed by atoms with Gasteiger partial charge in [-0.15, -0.1) is 0 Å². The molecule has 1 aromatic carbocycles. The molecule has 0 aliphatic carbocycles. The molecule has 0 bridgehead atoms. The van der Waals surface area contributed by atoms with Crippen molar-refractivity contribution in [3.8, 4) is 11.5 Å². The van der Waals surface area contributed by atoms with Crippen LogP contribution in [0.3, 0.4) is 0 Å². The molecule has 2 N–H and O–H groups in total. The molecule has 18 heavy (non-hydrogen) atoms. The minimum atomic E-state index is -0.943. The number of carboxylic acids is 1. The molecular formula is C13H17NO4. The van der Waals surface area contributed by atoms with E-state index in [0.717, 1.165) is 17.7 Å². The summed E-state index contributed by atoms with van der Waals surface area (Å²) < 4.78 is 10.9. The van der Waals surface area contributed by atoms with Crippen LogP contribution >= 0.6 is 0 Å². The topological polar surface area (TPSA) is 67.8 Å². The highest BCUT2D eigenvalue weighted by Crippen LogP contribution is 2.37. The van der Waals surface area contributed by atoms with E-state index in [9.17, 15) is 9.90 Å². The van der Waals surface area contributed by atoms with Gasteiger partial charge in [-0.25, -0.2) is 0 Å². The number of aliphatic carboxylic acids is 1. The van der Waals surface area contributed by atoms with Crippen molar-refractivity contribution < 1.29 is 19.4 Å². The van der Waals surface area contributed by atoms with Crippen molar-refractivity contribution in [2.24, 2.45) is 0 Å². The lowest BCUT2D eigenvalue weighted by Crippen LogP contribution is -2.25. The molecule has 0 saturated heterocycles.